The molecule has 0 spiro atoms. The van der Waals surface area contributed by atoms with Crippen LogP contribution in [0.1, 0.15) is 33.6 Å². The number of anilines is 1. The zero-order valence-electron chi connectivity index (χ0n) is 13.9. The number of hydrogen-bond acceptors (Lipinski definition) is 6. The maximum absolute atomic E-state index is 11.1. The summed E-state index contributed by atoms with van der Waals surface area (Å²) in [5, 5.41) is 25.9. The van der Waals surface area contributed by atoms with E-state index in [1.54, 1.807) is 6.21 Å². The molecular formula is C16H20N4O4. The fourth-order valence-corrected chi connectivity index (χ4v) is 2.82. The Balaban J connectivity index is 2.14. The topological polar surface area (TPSA) is 111 Å². The third-order valence-electron chi connectivity index (χ3n) is 4.47. The van der Waals surface area contributed by atoms with Crippen LogP contribution >= 0.6 is 0 Å². The zero-order chi connectivity index (χ0) is 17.9. The Kier molecular flexibility index (Phi) is 5.28. The lowest BCUT2D eigenvalue weighted by Crippen LogP contribution is -2.19. The Labute approximate surface area is 139 Å². The van der Waals surface area contributed by atoms with Crippen molar-refractivity contribution in [3.63, 3.8) is 0 Å². The largest absolute Gasteiger partial charge is 0.301 e. The van der Waals surface area contributed by atoms with Crippen LogP contribution in [0.5, 0.6) is 0 Å². The summed E-state index contributed by atoms with van der Waals surface area (Å²) < 4.78 is 0. The third kappa shape index (κ3) is 3.95. The van der Waals surface area contributed by atoms with E-state index >= 15 is 0 Å². The van der Waals surface area contributed by atoms with Crippen LogP contribution in [0.15, 0.2) is 34.4 Å². The average molecular weight is 332 g/mol. The fourth-order valence-electron chi connectivity index (χ4n) is 2.82. The van der Waals surface area contributed by atoms with Crippen molar-refractivity contribution in [3.8, 4) is 0 Å². The van der Waals surface area contributed by atoms with Crippen molar-refractivity contribution >= 4 is 23.3 Å². The molecule has 0 saturated heterocycles. The minimum atomic E-state index is -0.665. The predicted octanol–water partition coefficient (Wildman–Crippen LogP) is 4.28. The Morgan fingerprint density at radius 3 is 2.46 bits per heavy atom. The second-order valence-corrected chi connectivity index (χ2v) is 6.22. The lowest BCUT2D eigenvalue weighted by Gasteiger charge is -2.27. The van der Waals surface area contributed by atoms with E-state index in [0.29, 0.717) is 5.92 Å². The third-order valence-corrected chi connectivity index (χ3v) is 4.47. The number of hydrogen-bond donors (Lipinski definition) is 1. The molecule has 0 amide bonds. The molecule has 128 valence electrons. The number of benzene rings is 1. The van der Waals surface area contributed by atoms with Crippen LogP contribution < -0.4 is 5.43 Å². The van der Waals surface area contributed by atoms with E-state index in [0.717, 1.165) is 18.9 Å². The molecule has 0 aromatic heterocycles. The highest BCUT2D eigenvalue weighted by Crippen LogP contribution is 2.33. The van der Waals surface area contributed by atoms with Gasteiger partial charge in [0, 0.05) is 18.2 Å². The second kappa shape index (κ2) is 7.20. The van der Waals surface area contributed by atoms with Crippen molar-refractivity contribution in [1.82, 2.24) is 0 Å². The fraction of sp³-hybridized carbons (Fsp3) is 0.438. The predicted molar refractivity (Wildman–Crippen MR) is 92.1 cm³/mol. The Bertz CT molecular complexity index is 727. The van der Waals surface area contributed by atoms with Gasteiger partial charge < -0.3 is 0 Å². The molecule has 1 aliphatic carbocycles. The standard InChI is InChI=1S/C16H20N4O4/c1-10-6-12(3)13(7-11(10)2)9-17-18-15-5-4-14(19(21)22)8-16(15)20(23)24/h4-5,8-9,12-13,18H,6-7H2,1-3H3/b17-9+/t12-,13+/m1/s1. The van der Waals surface area contributed by atoms with Crippen LogP contribution in [0, 0.1) is 32.1 Å². The Morgan fingerprint density at radius 2 is 1.83 bits per heavy atom. The maximum Gasteiger partial charge on any atom is 0.301 e. The molecular weight excluding hydrogens is 312 g/mol. The van der Waals surface area contributed by atoms with Gasteiger partial charge in [-0.15, -0.1) is 0 Å². The minimum Gasteiger partial charge on any atom is -0.272 e. The van der Waals surface area contributed by atoms with Gasteiger partial charge in [0.1, 0.15) is 5.69 Å². The Morgan fingerprint density at radius 1 is 1.17 bits per heavy atom. The van der Waals surface area contributed by atoms with Gasteiger partial charge in [-0.05, 0) is 38.7 Å². The van der Waals surface area contributed by atoms with Crippen molar-refractivity contribution in [1.29, 1.82) is 0 Å². The molecule has 0 unspecified atom stereocenters. The minimum absolute atomic E-state index is 0.133. The molecule has 2 rings (SSSR count). The molecule has 2 atom stereocenters. The SMILES string of the molecule is CC1=C(C)C[C@@H](/C=N/Nc2ccc([N+](=O)[O-])cc2[N+](=O)[O-])[C@H](C)C1. The van der Waals surface area contributed by atoms with Gasteiger partial charge >= 0.3 is 5.69 Å². The molecule has 1 aliphatic rings. The van der Waals surface area contributed by atoms with E-state index in [1.807, 2.05) is 0 Å². The summed E-state index contributed by atoms with van der Waals surface area (Å²) in [6.45, 7) is 6.40. The number of allylic oxidation sites excluding steroid dienone is 2. The van der Waals surface area contributed by atoms with E-state index in [1.165, 1.54) is 23.3 Å². The van der Waals surface area contributed by atoms with Crippen molar-refractivity contribution in [3.05, 3.63) is 49.6 Å². The monoisotopic (exact) mass is 332 g/mol. The maximum atomic E-state index is 11.1. The van der Waals surface area contributed by atoms with Gasteiger partial charge in [0.2, 0.25) is 0 Å². The normalized spacial score (nSPS) is 21.1. The van der Waals surface area contributed by atoms with Crippen LogP contribution in [0.3, 0.4) is 0 Å². The second-order valence-electron chi connectivity index (χ2n) is 6.22. The van der Waals surface area contributed by atoms with Gasteiger partial charge in [-0.3, -0.25) is 25.7 Å². The Hall–Kier alpha value is -2.77. The van der Waals surface area contributed by atoms with Crippen LogP contribution in [0.25, 0.3) is 0 Å². The van der Waals surface area contributed by atoms with E-state index in [-0.39, 0.29) is 23.0 Å². The highest BCUT2D eigenvalue weighted by atomic mass is 16.6. The van der Waals surface area contributed by atoms with Crippen molar-refractivity contribution in [2.75, 3.05) is 5.43 Å². The van der Waals surface area contributed by atoms with Crippen LogP contribution in [-0.2, 0) is 0 Å². The van der Waals surface area contributed by atoms with E-state index in [4.69, 9.17) is 0 Å². The van der Waals surface area contributed by atoms with Gasteiger partial charge in [-0.25, -0.2) is 0 Å². The average Bonchev–Trinajstić information content (AvgIpc) is 2.52. The quantitative estimate of drug-likeness (QED) is 0.374. The number of nitro groups is 2. The lowest BCUT2D eigenvalue weighted by atomic mass is 9.78. The van der Waals surface area contributed by atoms with Crippen LogP contribution in [0.4, 0.5) is 17.1 Å². The molecule has 1 aromatic carbocycles. The van der Waals surface area contributed by atoms with Crippen LogP contribution in [-0.4, -0.2) is 16.1 Å². The molecule has 0 aliphatic heterocycles. The molecule has 0 heterocycles. The molecule has 24 heavy (non-hydrogen) atoms. The first-order chi connectivity index (χ1) is 11.3. The zero-order valence-corrected chi connectivity index (χ0v) is 13.9. The summed E-state index contributed by atoms with van der Waals surface area (Å²) in [6, 6.07) is 3.44. The van der Waals surface area contributed by atoms with Crippen LogP contribution in [0.2, 0.25) is 0 Å². The molecule has 8 heteroatoms. The summed E-state index contributed by atoms with van der Waals surface area (Å²) in [6.07, 6.45) is 3.70. The molecule has 1 aromatic rings. The first-order valence-electron chi connectivity index (χ1n) is 7.66. The van der Waals surface area contributed by atoms with Gasteiger partial charge in [-0.2, -0.15) is 5.10 Å². The molecule has 0 fully saturated rings. The van der Waals surface area contributed by atoms with E-state index in [2.05, 4.69) is 31.3 Å². The number of nitrogens with one attached hydrogen (secondary N) is 1. The van der Waals surface area contributed by atoms with Crippen molar-refractivity contribution in [2.45, 2.75) is 33.6 Å². The lowest BCUT2D eigenvalue weighted by molar-refractivity contribution is -0.393. The molecule has 0 radical (unpaired) electrons. The molecule has 0 bridgehead atoms. The first kappa shape index (κ1) is 17.6. The summed E-state index contributed by atoms with van der Waals surface area (Å²) in [4.78, 5) is 20.5. The van der Waals surface area contributed by atoms with Crippen molar-refractivity contribution in [2.24, 2.45) is 16.9 Å². The summed E-state index contributed by atoms with van der Waals surface area (Å²) in [5.74, 6) is 0.712. The molecule has 1 N–H and O–H groups in total. The summed E-state index contributed by atoms with van der Waals surface area (Å²) >= 11 is 0. The molecule has 8 nitrogen and oxygen atoms in total. The van der Waals surface area contributed by atoms with Crippen molar-refractivity contribution < 1.29 is 9.85 Å². The number of hydrazone groups is 1. The number of nitro benzene ring substituents is 2. The molecule has 0 saturated carbocycles. The van der Waals surface area contributed by atoms with E-state index in [9.17, 15) is 20.2 Å². The van der Waals surface area contributed by atoms with Gasteiger partial charge in [0.05, 0.1) is 15.9 Å². The van der Waals surface area contributed by atoms with Gasteiger partial charge in [-0.1, -0.05) is 18.1 Å². The first-order valence-corrected chi connectivity index (χ1v) is 7.66. The number of non-ortho nitro benzene ring substituents is 1. The smallest absolute Gasteiger partial charge is 0.272 e. The van der Waals surface area contributed by atoms with Gasteiger partial charge in [0.15, 0.2) is 0 Å². The summed E-state index contributed by atoms with van der Waals surface area (Å²) in [7, 11) is 0. The van der Waals surface area contributed by atoms with E-state index < -0.39 is 9.85 Å². The highest BCUT2D eigenvalue weighted by molar-refractivity contribution is 5.68. The summed E-state index contributed by atoms with van der Waals surface area (Å²) in [5.41, 5.74) is 4.84. The highest BCUT2D eigenvalue weighted by Gasteiger charge is 2.23. The van der Waals surface area contributed by atoms with Gasteiger partial charge in [0.25, 0.3) is 5.69 Å². The number of rotatable bonds is 5. The number of nitrogens with zero attached hydrogens (tertiary/aromatic N) is 3.